The van der Waals surface area contributed by atoms with E-state index in [2.05, 4.69) is 15.9 Å². The third-order valence-electron chi connectivity index (χ3n) is 5.12. The molecule has 1 atom stereocenters. The minimum absolute atomic E-state index is 0.133. The van der Waals surface area contributed by atoms with Crippen LogP contribution in [0.1, 0.15) is 45.2 Å². The number of carbonyl (C=O) groups excluding carboxylic acids is 1. The van der Waals surface area contributed by atoms with Crippen LogP contribution in [0.25, 0.3) is 0 Å². The van der Waals surface area contributed by atoms with Crippen molar-refractivity contribution in [1.82, 2.24) is 9.37 Å². The van der Waals surface area contributed by atoms with Crippen LogP contribution in [-0.4, -0.2) is 47.7 Å². The van der Waals surface area contributed by atoms with Gasteiger partial charge in [-0.3, -0.25) is 10.0 Å². The fourth-order valence-corrected chi connectivity index (χ4v) is 6.13. The second-order valence-electron chi connectivity index (χ2n) is 8.37. The molecule has 0 saturated heterocycles. The summed E-state index contributed by atoms with van der Waals surface area (Å²) in [6.07, 6.45) is 1.56. The highest BCUT2D eigenvalue weighted by molar-refractivity contribution is 9.10. The van der Waals surface area contributed by atoms with E-state index in [9.17, 15) is 18.4 Å². The lowest BCUT2D eigenvalue weighted by Gasteiger charge is -2.39. The maximum atomic E-state index is 13.1. The molecule has 1 unspecified atom stereocenters. The van der Waals surface area contributed by atoms with Crippen LogP contribution >= 0.6 is 15.9 Å². The summed E-state index contributed by atoms with van der Waals surface area (Å²) >= 11 is 3.44. The van der Waals surface area contributed by atoms with Gasteiger partial charge in [-0.05, 0) is 42.0 Å². The number of rotatable bonds is 8. The first-order chi connectivity index (χ1) is 12.5. The zero-order valence-electron chi connectivity index (χ0n) is 16.4. The molecular formula is C19H29BrN2O4S. The zero-order valence-corrected chi connectivity index (χ0v) is 18.8. The van der Waals surface area contributed by atoms with Crippen molar-refractivity contribution in [2.24, 2.45) is 11.3 Å². The topological polar surface area (TPSA) is 77.9 Å². The highest BCUT2D eigenvalue weighted by Gasteiger charge is 2.40. The smallest absolute Gasteiger partial charge is 0.233 e. The SMILES string of the molecule is CC(C)CC(N(O)C=O)C(C)(C)CS(=O)(=O)N1CCc2ccc(Br)cc2C1. The van der Waals surface area contributed by atoms with E-state index in [0.717, 1.165) is 10.0 Å². The molecule has 0 aliphatic carbocycles. The van der Waals surface area contributed by atoms with E-state index in [4.69, 9.17) is 0 Å². The molecule has 27 heavy (non-hydrogen) atoms. The number of carbonyl (C=O) groups is 1. The lowest BCUT2D eigenvalue weighted by Crippen LogP contribution is -2.50. The van der Waals surface area contributed by atoms with Crippen molar-refractivity contribution < 1.29 is 18.4 Å². The Hall–Kier alpha value is -0.960. The van der Waals surface area contributed by atoms with Crippen molar-refractivity contribution in [2.75, 3.05) is 12.3 Å². The first-order valence-corrected chi connectivity index (χ1v) is 11.5. The van der Waals surface area contributed by atoms with Gasteiger partial charge < -0.3 is 0 Å². The van der Waals surface area contributed by atoms with Gasteiger partial charge in [0.05, 0.1) is 11.8 Å². The summed E-state index contributed by atoms with van der Waals surface area (Å²) in [5, 5.41) is 10.6. The Morgan fingerprint density at radius 2 is 2.00 bits per heavy atom. The number of sulfonamides is 1. The second kappa shape index (κ2) is 8.59. The molecule has 1 heterocycles. The molecule has 6 nitrogen and oxygen atoms in total. The molecule has 0 spiro atoms. The molecule has 2 rings (SSSR count). The average molecular weight is 461 g/mol. The Morgan fingerprint density at radius 1 is 1.33 bits per heavy atom. The van der Waals surface area contributed by atoms with Crippen molar-refractivity contribution in [3.05, 3.63) is 33.8 Å². The molecule has 0 radical (unpaired) electrons. The quantitative estimate of drug-likeness (QED) is 0.366. The Labute approximate surface area is 170 Å². The molecule has 8 heteroatoms. The van der Waals surface area contributed by atoms with Gasteiger partial charge in [0.1, 0.15) is 0 Å². The van der Waals surface area contributed by atoms with Gasteiger partial charge in [-0.2, -0.15) is 4.31 Å². The van der Waals surface area contributed by atoms with Crippen LogP contribution < -0.4 is 0 Å². The summed E-state index contributed by atoms with van der Waals surface area (Å²) in [7, 11) is -3.55. The van der Waals surface area contributed by atoms with Crippen molar-refractivity contribution in [1.29, 1.82) is 0 Å². The predicted molar refractivity (Wildman–Crippen MR) is 109 cm³/mol. The van der Waals surface area contributed by atoms with Gasteiger partial charge in [0.15, 0.2) is 0 Å². The molecule has 1 N–H and O–H groups in total. The lowest BCUT2D eigenvalue weighted by atomic mass is 9.81. The van der Waals surface area contributed by atoms with Gasteiger partial charge in [0, 0.05) is 23.0 Å². The normalized spacial score (nSPS) is 16.9. The highest BCUT2D eigenvalue weighted by atomic mass is 79.9. The van der Waals surface area contributed by atoms with Gasteiger partial charge in [0.25, 0.3) is 0 Å². The van der Waals surface area contributed by atoms with E-state index >= 15 is 0 Å². The minimum atomic E-state index is -3.55. The number of amides is 1. The van der Waals surface area contributed by atoms with E-state index in [0.29, 0.717) is 37.4 Å². The fraction of sp³-hybridized carbons (Fsp3) is 0.632. The predicted octanol–water partition coefficient (Wildman–Crippen LogP) is 3.43. The molecule has 1 aromatic carbocycles. The Morgan fingerprint density at radius 3 is 2.59 bits per heavy atom. The third kappa shape index (κ3) is 5.53. The molecule has 152 valence electrons. The maximum absolute atomic E-state index is 13.1. The molecule has 0 fully saturated rings. The summed E-state index contributed by atoms with van der Waals surface area (Å²) in [6.45, 7) is 8.33. The van der Waals surface area contributed by atoms with Crippen LogP contribution in [0, 0.1) is 11.3 Å². The van der Waals surface area contributed by atoms with E-state index in [1.54, 1.807) is 13.8 Å². The fourth-order valence-electron chi connectivity index (χ4n) is 3.70. The van der Waals surface area contributed by atoms with Crippen LogP contribution in [-0.2, 0) is 27.8 Å². The first kappa shape index (κ1) is 22.3. The van der Waals surface area contributed by atoms with Gasteiger partial charge >= 0.3 is 0 Å². The van der Waals surface area contributed by atoms with Gasteiger partial charge in [0.2, 0.25) is 16.4 Å². The molecule has 1 aromatic rings. The summed E-state index contributed by atoms with van der Waals surface area (Å²) < 4.78 is 28.7. The largest absolute Gasteiger partial charge is 0.286 e. The third-order valence-corrected chi connectivity index (χ3v) is 7.82. The van der Waals surface area contributed by atoms with Crippen LogP contribution in [0.3, 0.4) is 0 Å². The molecule has 1 amide bonds. The van der Waals surface area contributed by atoms with E-state index in [-0.39, 0.29) is 11.7 Å². The number of fused-ring (bicyclic) bond motifs is 1. The Bertz CT molecular complexity index is 780. The number of hydrogen-bond donors (Lipinski definition) is 1. The van der Waals surface area contributed by atoms with E-state index < -0.39 is 21.5 Å². The van der Waals surface area contributed by atoms with Gasteiger partial charge in [-0.15, -0.1) is 0 Å². The van der Waals surface area contributed by atoms with Crippen LogP contribution in [0.2, 0.25) is 0 Å². The van der Waals surface area contributed by atoms with E-state index in [1.165, 1.54) is 9.87 Å². The first-order valence-electron chi connectivity index (χ1n) is 9.14. The van der Waals surface area contributed by atoms with Crippen LogP contribution in [0.15, 0.2) is 22.7 Å². The standard InChI is InChI=1S/C19H29BrN2O4S/c1-14(2)9-18(22(24)13-23)19(3,4)12-27(25,26)21-8-7-15-5-6-17(20)10-16(15)11-21/h5-6,10,13-14,18,24H,7-9,11-12H2,1-4H3. The molecule has 1 aliphatic heterocycles. The number of hydrogen-bond acceptors (Lipinski definition) is 4. The molecule has 0 saturated carbocycles. The molecule has 0 aromatic heterocycles. The average Bonchev–Trinajstić information content (AvgIpc) is 2.57. The molecule has 0 bridgehead atoms. The molecule has 1 aliphatic rings. The minimum Gasteiger partial charge on any atom is -0.286 e. The van der Waals surface area contributed by atoms with Crippen molar-refractivity contribution in [2.45, 2.75) is 53.1 Å². The summed E-state index contributed by atoms with van der Waals surface area (Å²) in [6, 6.07) is 5.39. The molecular weight excluding hydrogens is 432 g/mol. The summed E-state index contributed by atoms with van der Waals surface area (Å²) in [5.41, 5.74) is 1.38. The zero-order chi connectivity index (χ0) is 20.4. The van der Waals surface area contributed by atoms with Crippen molar-refractivity contribution in [3.8, 4) is 0 Å². The van der Waals surface area contributed by atoms with Crippen LogP contribution in [0.4, 0.5) is 0 Å². The van der Waals surface area contributed by atoms with Crippen molar-refractivity contribution >= 4 is 32.4 Å². The van der Waals surface area contributed by atoms with Gasteiger partial charge in [-0.25, -0.2) is 13.5 Å². The Balaban J connectivity index is 2.22. The van der Waals surface area contributed by atoms with Crippen molar-refractivity contribution in [3.63, 3.8) is 0 Å². The number of benzene rings is 1. The Kier molecular flexibility index (Phi) is 7.11. The number of halogens is 1. The monoisotopic (exact) mass is 460 g/mol. The van der Waals surface area contributed by atoms with E-state index in [1.807, 2.05) is 32.0 Å². The maximum Gasteiger partial charge on any atom is 0.233 e. The second-order valence-corrected chi connectivity index (χ2v) is 11.3. The number of nitrogens with zero attached hydrogens (tertiary/aromatic N) is 2. The highest BCUT2D eigenvalue weighted by Crippen LogP contribution is 2.33. The summed E-state index contributed by atoms with van der Waals surface area (Å²) in [4.78, 5) is 11.1. The number of hydroxylamine groups is 2. The van der Waals surface area contributed by atoms with Crippen LogP contribution in [0.5, 0.6) is 0 Å². The lowest BCUT2D eigenvalue weighted by molar-refractivity contribution is -0.172. The van der Waals surface area contributed by atoms with Gasteiger partial charge in [-0.1, -0.05) is 49.7 Å². The summed E-state index contributed by atoms with van der Waals surface area (Å²) in [5.74, 6) is 0.0804.